The SMILES string of the molecule is CNC1CCCCC1Cc1nc(CN(C)C)no1. The Bertz CT molecular complexity index is 364. The van der Waals surface area contributed by atoms with Gasteiger partial charge in [0, 0.05) is 12.5 Å². The van der Waals surface area contributed by atoms with Crippen molar-refractivity contribution in [1.29, 1.82) is 0 Å². The summed E-state index contributed by atoms with van der Waals surface area (Å²) in [5, 5.41) is 7.44. The molecule has 0 bridgehead atoms. The molecule has 0 aliphatic heterocycles. The molecule has 0 saturated heterocycles. The van der Waals surface area contributed by atoms with E-state index in [0.717, 1.165) is 24.7 Å². The molecule has 18 heavy (non-hydrogen) atoms. The zero-order valence-corrected chi connectivity index (χ0v) is 11.6. The molecule has 1 fully saturated rings. The van der Waals surface area contributed by atoms with Gasteiger partial charge in [-0.3, -0.25) is 0 Å². The van der Waals surface area contributed by atoms with Crippen LogP contribution in [0.5, 0.6) is 0 Å². The van der Waals surface area contributed by atoms with E-state index in [0.29, 0.717) is 12.0 Å². The van der Waals surface area contributed by atoms with Crippen LogP contribution in [0.4, 0.5) is 0 Å². The first-order chi connectivity index (χ1) is 8.69. The van der Waals surface area contributed by atoms with Gasteiger partial charge in [0.05, 0.1) is 6.54 Å². The monoisotopic (exact) mass is 252 g/mol. The Kier molecular flexibility index (Phi) is 4.72. The second-order valence-corrected chi connectivity index (χ2v) is 5.49. The zero-order valence-electron chi connectivity index (χ0n) is 11.6. The number of hydrogen-bond acceptors (Lipinski definition) is 5. The minimum atomic E-state index is 0.600. The smallest absolute Gasteiger partial charge is 0.227 e. The summed E-state index contributed by atoms with van der Waals surface area (Å²) in [6.45, 7) is 0.740. The Morgan fingerprint density at radius 1 is 1.33 bits per heavy atom. The van der Waals surface area contributed by atoms with Crippen molar-refractivity contribution in [3.63, 3.8) is 0 Å². The summed E-state index contributed by atoms with van der Waals surface area (Å²) in [6.07, 6.45) is 6.09. The van der Waals surface area contributed by atoms with Crippen LogP contribution in [0.25, 0.3) is 0 Å². The van der Waals surface area contributed by atoms with Gasteiger partial charge in [0.25, 0.3) is 0 Å². The summed E-state index contributed by atoms with van der Waals surface area (Å²) in [4.78, 5) is 6.51. The predicted octanol–water partition coefficient (Wildman–Crippen LogP) is 1.45. The molecule has 1 N–H and O–H groups in total. The lowest BCUT2D eigenvalue weighted by Gasteiger charge is -2.30. The molecule has 1 heterocycles. The Hall–Kier alpha value is -0.940. The van der Waals surface area contributed by atoms with Gasteiger partial charge in [-0.05, 0) is 39.9 Å². The highest BCUT2D eigenvalue weighted by Crippen LogP contribution is 2.26. The second kappa shape index (κ2) is 6.29. The zero-order chi connectivity index (χ0) is 13.0. The fourth-order valence-electron chi connectivity index (χ4n) is 2.78. The molecule has 1 aliphatic rings. The average Bonchev–Trinajstić information content (AvgIpc) is 2.76. The lowest BCUT2D eigenvalue weighted by atomic mass is 9.82. The minimum absolute atomic E-state index is 0.600. The number of nitrogens with zero attached hydrogens (tertiary/aromatic N) is 3. The van der Waals surface area contributed by atoms with Crippen LogP contribution in [-0.4, -0.2) is 42.2 Å². The van der Waals surface area contributed by atoms with Crippen LogP contribution in [0.3, 0.4) is 0 Å². The third-order valence-electron chi connectivity index (χ3n) is 3.68. The van der Waals surface area contributed by atoms with Crippen molar-refractivity contribution >= 4 is 0 Å². The van der Waals surface area contributed by atoms with Gasteiger partial charge in [-0.1, -0.05) is 18.0 Å². The molecule has 2 rings (SSSR count). The molecular formula is C13H24N4O. The third-order valence-corrected chi connectivity index (χ3v) is 3.68. The summed E-state index contributed by atoms with van der Waals surface area (Å²) in [5.41, 5.74) is 0. The van der Waals surface area contributed by atoms with Crippen molar-refractivity contribution in [3.05, 3.63) is 11.7 Å². The molecule has 5 heteroatoms. The molecule has 1 aliphatic carbocycles. The maximum atomic E-state index is 5.35. The van der Waals surface area contributed by atoms with Crippen molar-refractivity contribution in [2.24, 2.45) is 5.92 Å². The van der Waals surface area contributed by atoms with Crippen molar-refractivity contribution < 1.29 is 4.52 Å². The summed E-state index contributed by atoms with van der Waals surface area (Å²) >= 11 is 0. The molecule has 1 aromatic heterocycles. The van der Waals surface area contributed by atoms with E-state index in [2.05, 4.69) is 15.5 Å². The highest BCUT2D eigenvalue weighted by molar-refractivity contribution is 4.91. The molecule has 0 aromatic carbocycles. The van der Waals surface area contributed by atoms with Crippen molar-refractivity contribution in [2.75, 3.05) is 21.1 Å². The van der Waals surface area contributed by atoms with E-state index in [1.165, 1.54) is 25.7 Å². The third kappa shape index (κ3) is 3.53. The summed E-state index contributed by atoms with van der Waals surface area (Å²) in [5.74, 6) is 2.21. The second-order valence-electron chi connectivity index (χ2n) is 5.49. The van der Waals surface area contributed by atoms with E-state index in [1.54, 1.807) is 0 Å². The predicted molar refractivity (Wildman–Crippen MR) is 70.2 cm³/mol. The minimum Gasteiger partial charge on any atom is -0.339 e. The Labute approximate surface area is 109 Å². The van der Waals surface area contributed by atoms with Gasteiger partial charge in [-0.15, -0.1) is 0 Å². The van der Waals surface area contributed by atoms with E-state index >= 15 is 0 Å². The van der Waals surface area contributed by atoms with Gasteiger partial charge >= 0.3 is 0 Å². The van der Waals surface area contributed by atoms with Gasteiger partial charge < -0.3 is 14.7 Å². The van der Waals surface area contributed by atoms with Crippen LogP contribution in [0.2, 0.25) is 0 Å². The van der Waals surface area contributed by atoms with E-state index < -0.39 is 0 Å². The topological polar surface area (TPSA) is 54.2 Å². The summed E-state index contributed by atoms with van der Waals surface area (Å²) in [7, 11) is 6.07. The highest BCUT2D eigenvalue weighted by atomic mass is 16.5. The summed E-state index contributed by atoms with van der Waals surface area (Å²) in [6, 6.07) is 0.600. The number of rotatable bonds is 5. The Balaban J connectivity index is 1.93. The van der Waals surface area contributed by atoms with E-state index in [1.807, 2.05) is 26.0 Å². The maximum Gasteiger partial charge on any atom is 0.227 e. The molecule has 2 atom stereocenters. The van der Waals surface area contributed by atoms with Gasteiger partial charge in [-0.2, -0.15) is 4.98 Å². The van der Waals surface area contributed by atoms with Crippen molar-refractivity contribution in [1.82, 2.24) is 20.4 Å². The quantitative estimate of drug-likeness (QED) is 0.859. The van der Waals surface area contributed by atoms with Gasteiger partial charge in [0.2, 0.25) is 5.89 Å². The van der Waals surface area contributed by atoms with Crippen molar-refractivity contribution in [2.45, 2.75) is 44.7 Å². The van der Waals surface area contributed by atoms with Crippen molar-refractivity contribution in [3.8, 4) is 0 Å². The van der Waals surface area contributed by atoms with Crippen LogP contribution in [0, 0.1) is 5.92 Å². The number of hydrogen-bond donors (Lipinski definition) is 1. The van der Waals surface area contributed by atoms with Crippen LogP contribution < -0.4 is 5.32 Å². The number of nitrogens with one attached hydrogen (secondary N) is 1. The average molecular weight is 252 g/mol. The van der Waals surface area contributed by atoms with Gasteiger partial charge in [0.1, 0.15) is 0 Å². The first-order valence-corrected chi connectivity index (χ1v) is 6.82. The van der Waals surface area contributed by atoms with Gasteiger partial charge in [0.15, 0.2) is 5.82 Å². The molecular weight excluding hydrogens is 228 g/mol. The lowest BCUT2D eigenvalue weighted by molar-refractivity contribution is 0.248. The largest absolute Gasteiger partial charge is 0.339 e. The number of aromatic nitrogens is 2. The molecule has 2 unspecified atom stereocenters. The van der Waals surface area contributed by atoms with Gasteiger partial charge in [-0.25, -0.2) is 0 Å². The molecule has 102 valence electrons. The Morgan fingerprint density at radius 2 is 2.11 bits per heavy atom. The molecule has 0 amide bonds. The van der Waals surface area contributed by atoms with Crippen LogP contribution >= 0.6 is 0 Å². The molecule has 0 spiro atoms. The maximum absolute atomic E-state index is 5.35. The molecule has 1 saturated carbocycles. The first-order valence-electron chi connectivity index (χ1n) is 6.82. The fraction of sp³-hybridized carbons (Fsp3) is 0.846. The molecule has 1 aromatic rings. The summed E-state index contributed by atoms with van der Waals surface area (Å²) < 4.78 is 5.35. The van der Waals surface area contributed by atoms with E-state index in [4.69, 9.17) is 4.52 Å². The standard InChI is InChI=1S/C13H24N4O/c1-14-11-7-5-4-6-10(11)8-13-15-12(16-18-13)9-17(2)3/h10-11,14H,4-9H2,1-3H3. The normalized spacial score (nSPS) is 24.7. The van der Waals surface area contributed by atoms with E-state index in [9.17, 15) is 0 Å². The fourth-order valence-corrected chi connectivity index (χ4v) is 2.78. The lowest BCUT2D eigenvalue weighted by Crippen LogP contribution is -2.37. The molecule has 0 radical (unpaired) electrons. The van der Waals surface area contributed by atoms with Crippen LogP contribution in [0.1, 0.15) is 37.4 Å². The van der Waals surface area contributed by atoms with E-state index in [-0.39, 0.29) is 0 Å². The Morgan fingerprint density at radius 3 is 2.83 bits per heavy atom. The molecule has 5 nitrogen and oxygen atoms in total. The van der Waals surface area contributed by atoms with Crippen LogP contribution in [-0.2, 0) is 13.0 Å². The highest BCUT2D eigenvalue weighted by Gasteiger charge is 2.25. The first kappa shape index (κ1) is 13.5. The van der Waals surface area contributed by atoms with Crippen LogP contribution in [0.15, 0.2) is 4.52 Å².